The average molecular weight is 555 g/mol. The number of ether oxygens (including phenoxy) is 2. The van der Waals surface area contributed by atoms with Gasteiger partial charge in [0.05, 0.1) is 12.5 Å². The van der Waals surface area contributed by atoms with E-state index in [1.54, 1.807) is 0 Å². The van der Waals surface area contributed by atoms with Crippen LogP contribution in [0.2, 0.25) is 0 Å². The Morgan fingerprint density at radius 3 is 1.63 bits per heavy atom. The first-order valence-electron chi connectivity index (χ1n) is 15.6. The van der Waals surface area contributed by atoms with Crippen LogP contribution in [-0.2, 0) is 28.3 Å². The molecule has 0 saturated heterocycles. The van der Waals surface area contributed by atoms with Crippen molar-refractivity contribution in [1.82, 2.24) is 0 Å². The van der Waals surface area contributed by atoms with Crippen LogP contribution < -0.4 is 0 Å². The zero-order chi connectivity index (χ0) is 28.5. The molecule has 0 fully saturated rings. The monoisotopic (exact) mass is 554 g/mol. The molecule has 0 radical (unpaired) electrons. The maximum Gasteiger partial charge on any atom is 0.331 e. The molecule has 0 heterocycles. The SMILES string of the molecule is CCCCCCOC(=O)/C=C/C(=O)OC(CCCCCC)(CCCCCC)C(CCCCCC)C(=O)O[SiH3]. The molecule has 0 aromatic carbocycles. The minimum atomic E-state index is -0.916. The van der Waals surface area contributed by atoms with Gasteiger partial charge >= 0.3 is 11.9 Å². The van der Waals surface area contributed by atoms with E-state index in [4.69, 9.17) is 13.9 Å². The highest BCUT2D eigenvalue weighted by atomic mass is 28.2. The summed E-state index contributed by atoms with van der Waals surface area (Å²) in [4.78, 5) is 38.4. The lowest BCUT2D eigenvalue weighted by Crippen LogP contribution is -2.47. The van der Waals surface area contributed by atoms with Gasteiger partial charge in [-0.3, -0.25) is 4.79 Å². The maximum absolute atomic E-state index is 13.2. The van der Waals surface area contributed by atoms with Gasteiger partial charge in [-0.25, -0.2) is 9.59 Å². The Labute approximate surface area is 236 Å². The molecule has 0 bridgehead atoms. The molecule has 0 rings (SSSR count). The summed E-state index contributed by atoms with van der Waals surface area (Å²) in [5, 5.41) is 0. The summed E-state index contributed by atoms with van der Waals surface area (Å²) in [6.07, 6.45) is 20.7. The van der Waals surface area contributed by atoms with Crippen LogP contribution in [-0.4, -0.2) is 40.6 Å². The lowest BCUT2D eigenvalue weighted by Gasteiger charge is -2.39. The number of unbranched alkanes of at least 4 members (excludes halogenated alkanes) is 12. The highest BCUT2D eigenvalue weighted by molar-refractivity contribution is 6.06. The minimum absolute atomic E-state index is 0.248. The van der Waals surface area contributed by atoms with Crippen LogP contribution >= 0.6 is 0 Å². The fourth-order valence-electron chi connectivity index (χ4n) is 4.98. The van der Waals surface area contributed by atoms with Gasteiger partial charge in [0.15, 0.2) is 0 Å². The van der Waals surface area contributed by atoms with Crippen LogP contribution in [0, 0.1) is 5.92 Å². The molecule has 38 heavy (non-hydrogen) atoms. The van der Waals surface area contributed by atoms with Gasteiger partial charge in [0.1, 0.15) is 5.60 Å². The topological polar surface area (TPSA) is 78.9 Å². The number of carbonyl (C=O) groups is 3. The third kappa shape index (κ3) is 17.1. The molecule has 6 nitrogen and oxygen atoms in total. The first kappa shape index (κ1) is 36.4. The molecule has 7 heteroatoms. The van der Waals surface area contributed by atoms with Crippen LogP contribution in [0.3, 0.4) is 0 Å². The van der Waals surface area contributed by atoms with Gasteiger partial charge in [0, 0.05) is 12.2 Å². The van der Waals surface area contributed by atoms with Gasteiger partial charge in [-0.05, 0) is 38.5 Å². The van der Waals surface area contributed by atoms with Crippen molar-refractivity contribution in [2.75, 3.05) is 6.61 Å². The molecule has 0 amide bonds. The fraction of sp³-hybridized carbons (Fsp3) is 0.839. The molecule has 0 saturated carbocycles. The Bertz CT molecular complexity index is 636. The summed E-state index contributed by atoms with van der Waals surface area (Å²) in [5.41, 5.74) is -0.916. The molecule has 0 aliphatic heterocycles. The Kier molecular flexibility index (Phi) is 23.4. The quantitative estimate of drug-likeness (QED) is 0.0510. The Morgan fingerprint density at radius 2 is 1.13 bits per heavy atom. The first-order chi connectivity index (χ1) is 18.4. The lowest BCUT2D eigenvalue weighted by atomic mass is 9.76. The highest BCUT2D eigenvalue weighted by Crippen LogP contribution is 2.38. The van der Waals surface area contributed by atoms with Crippen molar-refractivity contribution in [1.29, 1.82) is 0 Å². The van der Waals surface area contributed by atoms with E-state index < -0.39 is 23.5 Å². The molecule has 222 valence electrons. The van der Waals surface area contributed by atoms with E-state index in [1.807, 2.05) is 0 Å². The number of esters is 2. The smallest absolute Gasteiger partial charge is 0.331 e. The summed E-state index contributed by atoms with van der Waals surface area (Å²) in [7, 11) is 0.310. The van der Waals surface area contributed by atoms with Gasteiger partial charge in [0.25, 0.3) is 5.97 Å². The molecule has 0 aliphatic rings. The Hall–Kier alpha value is -1.63. The molecular formula is C31H58O6Si. The van der Waals surface area contributed by atoms with E-state index in [2.05, 4.69) is 27.7 Å². The summed E-state index contributed by atoms with van der Waals surface area (Å²) < 4.78 is 16.9. The molecule has 0 N–H and O–H groups in total. The Morgan fingerprint density at radius 1 is 0.658 bits per heavy atom. The van der Waals surface area contributed by atoms with E-state index in [-0.39, 0.29) is 5.97 Å². The molecule has 1 atom stereocenters. The standard InChI is InChI=1S/C31H58O6Si/c1-5-9-13-17-21-27(30(34)37-38)31(24-18-14-10-6-2,25-19-15-11-7-3)36-29(33)23-22-28(32)35-26-20-16-12-8-4/h22-23,27H,5-21,24-26H2,1-4,38H3/b23-22+. The number of rotatable bonds is 25. The van der Waals surface area contributed by atoms with Gasteiger partial charge in [-0.2, -0.15) is 0 Å². The van der Waals surface area contributed by atoms with Crippen LogP contribution in [0.1, 0.15) is 150 Å². The van der Waals surface area contributed by atoms with Crippen molar-refractivity contribution in [3.63, 3.8) is 0 Å². The zero-order valence-electron chi connectivity index (χ0n) is 25.3. The summed E-state index contributed by atoms with van der Waals surface area (Å²) in [5.74, 6) is -1.85. The van der Waals surface area contributed by atoms with E-state index in [1.165, 1.54) is 6.08 Å². The molecule has 0 aliphatic carbocycles. The van der Waals surface area contributed by atoms with E-state index in [0.29, 0.717) is 36.4 Å². The van der Waals surface area contributed by atoms with Crippen molar-refractivity contribution >= 4 is 28.4 Å². The minimum Gasteiger partial charge on any atom is -0.528 e. The van der Waals surface area contributed by atoms with E-state index in [9.17, 15) is 14.4 Å². The van der Waals surface area contributed by atoms with Crippen LogP contribution in [0.25, 0.3) is 0 Å². The van der Waals surface area contributed by atoms with Crippen molar-refractivity contribution in [2.24, 2.45) is 5.92 Å². The van der Waals surface area contributed by atoms with Crippen LogP contribution in [0.15, 0.2) is 12.2 Å². The van der Waals surface area contributed by atoms with Crippen molar-refractivity contribution < 1.29 is 28.3 Å². The second-order valence-electron chi connectivity index (χ2n) is 10.6. The van der Waals surface area contributed by atoms with Gasteiger partial charge in [-0.1, -0.05) is 111 Å². The number of carbonyl (C=O) groups excluding carboxylic acids is 3. The average Bonchev–Trinajstić information content (AvgIpc) is 2.91. The normalized spacial score (nSPS) is 12.5. The third-order valence-electron chi connectivity index (χ3n) is 7.28. The number of hydrogen-bond acceptors (Lipinski definition) is 6. The summed E-state index contributed by atoms with van der Waals surface area (Å²) in [6.45, 7) is 8.98. The van der Waals surface area contributed by atoms with Crippen LogP contribution in [0.4, 0.5) is 0 Å². The summed E-state index contributed by atoms with van der Waals surface area (Å²) in [6, 6.07) is 0. The van der Waals surface area contributed by atoms with Crippen molar-refractivity contribution in [3.8, 4) is 0 Å². The van der Waals surface area contributed by atoms with Gasteiger partial charge in [0.2, 0.25) is 10.5 Å². The maximum atomic E-state index is 13.2. The molecule has 1 unspecified atom stereocenters. The Balaban J connectivity index is 5.76. The second-order valence-corrected chi connectivity index (χ2v) is 11.0. The molecule has 0 aromatic heterocycles. The predicted molar refractivity (Wildman–Crippen MR) is 159 cm³/mol. The van der Waals surface area contributed by atoms with Crippen LogP contribution in [0.5, 0.6) is 0 Å². The predicted octanol–water partition coefficient (Wildman–Crippen LogP) is 7.30. The molecular weight excluding hydrogens is 496 g/mol. The van der Waals surface area contributed by atoms with Crippen molar-refractivity contribution in [2.45, 2.75) is 155 Å². The molecule has 0 spiro atoms. The lowest BCUT2D eigenvalue weighted by molar-refractivity contribution is -0.172. The third-order valence-corrected chi connectivity index (χ3v) is 7.68. The number of hydrogen-bond donors (Lipinski definition) is 0. The second kappa shape index (κ2) is 24.4. The highest BCUT2D eigenvalue weighted by Gasteiger charge is 2.45. The fourth-order valence-corrected chi connectivity index (χ4v) is 5.27. The van der Waals surface area contributed by atoms with Crippen molar-refractivity contribution in [3.05, 3.63) is 12.2 Å². The first-order valence-corrected chi connectivity index (χ1v) is 16.4. The summed E-state index contributed by atoms with van der Waals surface area (Å²) >= 11 is 0. The van der Waals surface area contributed by atoms with E-state index >= 15 is 0 Å². The molecule has 0 aromatic rings. The zero-order valence-corrected chi connectivity index (χ0v) is 27.3. The van der Waals surface area contributed by atoms with Gasteiger partial charge in [-0.15, -0.1) is 0 Å². The van der Waals surface area contributed by atoms with E-state index in [0.717, 1.165) is 109 Å². The largest absolute Gasteiger partial charge is 0.528 e. The van der Waals surface area contributed by atoms with Gasteiger partial charge < -0.3 is 13.9 Å².